The molecule has 0 heterocycles. The third-order valence-electron chi connectivity index (χ3n) is 1.36. The molecule has 0 saturated heterocycles. The van der Waals surface area contributed by atoms with Crippen LogP contribution in [0.25, 0.3) is 0 Å². The second-order valence-corrected chi connectivity index (χ2v) is 6.26. The predicted octanol–water partition coefficient (Wildman–Crippen LogP) is 3.09. The van der Waals surface area contributed by atoms with Crippen molar-refractivity contribution < 1.29 is 8.42 Å². The molecule has 1 N–H and O–H groups in total. The standard InChI is InChI=1S/C7H6BrCl2NO2S/c8-4-14(12,13)11-7-5(9)2-1-3-6(7)10/h1-3,11H,4H2. The number of anilines is 1. The number of sulfonamides is 1. The maximum Gasteiger partial charge on any atom is 0.242 e. The Morgan fingerprint density at radius 3 is 2.21 bits per heavy atom. The molecule has 0 unspecified atom stereocenters. The first kappa shape index (κ1) is 12.1. The fraction of sp³-hybridized carbons (Fsp3) is 0.143. The van der Waals surface area contributed by atoms with Gasteiger partial charge in [0.2, 0.25) is 10.0 Å². The molecule has 0 aromatic heterocycles. The first-order chi connectivity index (χ1) is 6.46. The van der Waals surface area contributed by atoms with Gasteiger partial charge in [-0.3, -0.25) is 4.72 Å². The summed E-state index contributed by atoms with van der Waals surface area (Å²) >= 11 is 14.4. The van der Waals surface area contributed by atoms with Crippen LogP contribution in [0.5, 0.6) is 0 Å². The van der Waals surface area contributed by atoms with Gasteiger partial charge in [0.1, 0.15) is 4.66 Å². The Morgan fingerprint density at radius 1 is 1.29 bits per heavy atom. The summed E-state index contributed by atoms with van der Waals surface area (Å²) in [5, 5.41) is 0.532. The predicted molar refractivity (Wildman–Crippen MR) is 62.8 cm³/mol. The summed E-state index contributed by atoms with van der Waals surface area (Å²) in [6.07, 6.45) is 0. The number of nitrogens with one attached hydrogen (secondary N) is 1. The van der Waals surface area contributed by atoms with Gasteiger partial charge >= 0.3 is 0 Å². The molecule has 0 saturated carbocycles. The van der Waals surface area contributed by atoms with Crippen molar-refractivity contribution in [2.75, 3.05) is 9.38 Å². The van der Waals surface area contributed by atoms with Crippen LogP contribution in [0.15, 0.2) is 18.2 Å². The monoisotopic (exact) mass is 317 g/mol. The quantitative estimate of drug-likeness (QED) is 0.870. The Hall–Kier alpha value is 0.0300. The molecule has 0 amide bonds. The zero-order chi connectivity index (χ0) is 10.8. The Labute approximate surface area is 101 Å². The largest absolute Gasteiger partial charge is 0.280 e. The second-order valence-electron chi connectivity index (χ2n) is 2.42. The summed E-state index contributed by atoms with van der Waals surface area (Å²) in [6, 6.07) is 4.75. The Kier molecular flexibility index (Phi) is 4.06. The second kappa shape index (κ2) is 4.70. The first-order valence-electron chi connectivity index (χ1n) is 3.47. The number of hydrogen-bond donors (Lipinski definition) is 1. The van der Waals surface area contributed by atoms with Crippen LogP contribution in [0.4, 0.5) is 5.69 Å². The van der Waals surface area contributed by atoms with Gasteiger partial charge in [0, 0.05) is 0 Å². The fourth-order valence-electron chi connectivity index (χ4n) is 0.778. The molecular weight excluding hydrogens is 313 g/mol. The van der Waals surface area contributed by atoms with E-state index in [1.165, 1.54) is 0 Å². The molecule has 0 fully saturated rings. The highest BCUT2D eigenvalue weighted by atomic mass is 79.9. The summed E-state index contributed by atoms with van der Waals surface area (Å²) in [6.45, 7) is 0. The zero-order valence-corrected chi connectivity index (χ0v) is 10.7. The minimum atomic E-state index is -3.42. The summed E-state index contributed by atoms with van der Waals surface area (Å²) in [5.74, 6) is 0. The van der Waals surface area contributed by atoms with Crippen LogP contribution >= 0.6 is 39.1 Å². The van der Waals surface area contributed by atoms with Crippen LogP contribution in [0.1, 0.15) is 0 Å². The smallest absolute Gasteiger partial charge is 0.242 e. The number of rotatable bonds is 3. The Morgan fingerprint density at radius 2 is 1.79 bits per heavy atom. The van der Waals surface area contributed by atoms with Crippen molar-refractivity contribution in [2.24, 2.45) is 0 Å². The van der Waals surface area contributed by atoms with Crippen LogP contribution < -0.4 is 4.72 Å². The summed E-state index contributed by atoms with van der Waals surface area (Å²) in [5.41, 5.74) is 0.204. The molecule has 3 nitrogen and oxygen atoms in total. The van der Waals surface area contributed by atoms with Gasteiger partial charge in [0.15, 0.2) is 0 Å². The SMILES string of the molecule is O=S(=O)(CBr)Nc1c(Cl)cccc1Cl. The van der Waals surface area contributed by atoms with E-state index in [1.54, 1.807) is 18.2 Å². The Balaban J connectivity index is 3.09. The van der Waals surface area contributed by atoms with Gasteiger partial charge in [0.05, 0.1) is 15.7 Å². The number of hydrogen-bond acceptors (Lipinski definition) is 2. The lowest BCUT2D eigenvalue weighted by atomic mass is 10.3. The molecule has 0 atom stereocenters. The fourth-order valence-corrected chi connectivity index (χ4v) is 2.31. The first-order valence-corrected chi connectivity index (χ1v) is 7.00. The molecule has 0 aliphatic rings. The lowest BCUT2D eigenvalue weighted by molar-refractivity contribution is 0.606. The van der Waals surface area contributed by atoms with Crippen molar-refractivity contribution in [3.63, 3.8) is 0 Å². The average Bonchev–Trinajstić information content (AvgIpc) is 2.12. The van der Waals surface area contributed by atoms with Crippen molar-refractivity contribution >= 4 is 54.8 Å². The van der Waals surface area contributed by atoms with E-state index in [2.05, 4.69) is 20.7 Å². The highest BCUT2D eigenvalue weighted by Crippen LogP contribution is 2.30. The molecule has 0 bridgehead atoms. The summed E-state index contributed by atoms with van der Waals surface area (Å²) in [7, 11) is -3.42. The molecule has 7 heteroatoms. The zero-order valence-electron chi connectivity index (χ0n) is 6.80. The third-order valence-corrected chi connectivity index (χ3v) is 4.60. The van der Waals surface area contributed by atoms with Crippen molar-refractivity contribution in [3.8, 4) is 0 Å². The normalized spacial score (nSPS) is 11.4. The molecule has 0 aliphatic carbocycles. The van der Waals surface area contributed by atoms with Crippen molar-refractivity contribution in [1.29, 1.82) is 0 Å². The van der Waals surface area contributed by atoms with Gasteiger partial charge in [-0.1, -0.05) is 45.2 Å². The van der Waals surface area contributed by atoms with E-state index < -0.39 is 10.0 Å². The van der Waals surface area contributed by atoms with Crippen LogP contribution in [-0.4, -0.2) is 13.1 Å². The Bertz CT molecular complexity index is 415. The number of halogens is 3. The van der Waals surface area contributed by atoms with Gasteiger partial charge in [-0.2, -0.15) is 0 Å². The van der Waals surface area contributed by atoms with Crippen LogP contribution in [-0.2, 0) is 10.0 Å². The third kappa shape index (κ3) is 3.02. The average molecular weight is 319 g/mol. The van der Waals surface area contributed by atoms with Gasteiger partial charge < -0.3 is 0 Å². The van der Waals surface area contributed by atoms with E-state index in [4.69, 9.17) is 23.2 Å². The van der Waals surface area contributed by atoms with Crippen molar-refractivity contribution in [1.82, 2.24) is 0 Å². The molecule has 0 radical (unpaired) electrons. The van der Waals surface area contributed by atoms with Gasteiger partial charge in [-0.05, 0) is 12.1 Å². The topological polar surface area (TPSA) is 46.2 Å². The van der Waals surface area contributed by atoms with Crippen LogP contribution in [0.2, 0.25) is 10.0 Å². The van der Waals surface area contributed by atoms with E-state index >= 15 is 0 Å². The molecule has 0 spiro atoms. The molecule has 14 heavy (non-hydrogen) atoms. The maximum absolute atomic E-state index is 11.2. The molecule has 1 aromatic rings. The number of alkyl halides is 1. The van der Waals surface area contributed by atoms with E-state index in [0.717, 1.165) is 0 Å². The molecule has 1 aromatic carbocycles. The molecular formula is C7H6BrCl2NO2S. The lowest BCUT2D eigenvalue weighted by Crippen LogP contribution is -2.13. The molecule has 0 aliphatic heterocycles. The molecule has 1 rings (SSSR count). The van der Waals surface area contributed by atoms with Crippen molar-refractivity contribution in [3.05, 3.63) is 28.2 Å². The van der Waals surface area contributed by atoms with E-state index in [-0.39, 0.29) is 20.4 Å². The van der Waals surface area contributed by atoms with Crippen molar-refractivity contribution in [2.45, 2.75) is 0 Å². The van der Waals surface area contributed by atoms with Crippen LogP contribution in [0, 0.1) is 0 Å². The summed E-state index contributed by atoms with van der Waals surface area (Å²) < 4.78 is 24.5. The number of para-hydroxylation sites is 1. The van der Waals surface area contributed by atoms with Gasteiger partial charge in [-0.25, -0.2) is 8.42 Å². The van der Waals surface area contributed by atoms with Gasteiger partial charge in [-0.15, -0.1) is 0 Å². The minimum absolute atomic E-state index is 0.204. The van der Waals surface area contributed by atoms with E-state index in [1.807, 2.05) is 0 Å². The highest BCUT2D eigenvalue weighted by Gasteiger charge is 2.12. The highest BCUT2D eigenvalue weighted by molar-refractivity contribution is 9.10. The minimum Gasteiger partial charge on any atom is -0.280 e. The summed E-state index contributed by atoms with van der Waals surface area (Å²) in [4.78, 5) is 0. The molecule has 78 valence electrons. The lowest BCUT2D eigenvalue weighted by Gasteiger charge is -2.08. The van der Waals surface area contributed by atoms with Gasteiger partial charge in [0.25, 0.3) is 0 Å². The van der Waals surface area contributed by atoms with E-state index in [9.17, 15) is 8.42 Å². The van der Waals surface area contributed by atoms with E-state index in [0.29, 0.717) is 0 Å². The maximum atomic E-state index is 11.2. The van der Waals surface area contributed by atoms with Crippen LogP contribution in [0.3, 0.4) is 0 Å². The number of benzene rings is 1.